The lowest BCUT2D eigenvalue weighted by molar-refractivity contribution is -0.00891. The summed E-state index contributed by atoms with van der Waals surface area (Å²) in [5.41, 5.74) is 0. The van der Waals surface area contributed by atoms with Gasteiger partial charge in [0, 0.05) is 25.0 Å². The Morgan fingerprint density at radius 2 is 2.17 bits per heavy atom. The highest BCUT2D eigenvalue weighted by Crippen LogP contribution is 2.18. The van der Waals surface area contributed by atoms with Crippen LogP contribution in [0.5, 0.6) is 0 Å². The minimum atomic E-state index is 0.139. The van der Waals surface area contributed by atoms with Crippen LogP contribution in [0, 0.1) is 5.92 Å². The number of likely N-dealkylation sites (tertiary alicyclic amines) is 1. The van der Waals surface area contributed by atoms with Gasteiger partial charge in [-0.3, -0.25) is 0 Å². The van der Waals surface area contributed by atoms with Crippen LogP contribution in [0.2, 0.25) is 0 Å². The molecular formula is C9H19NO2. The molecule has 72 valence electrons. The fourth-order valence-electron chi connectivity index (χ4n) is 1.45. The Morgan fingerprint density at radius 1 is 1.50 bits per heavy atom. The molecule has 3 nitrogen and oxygen atoms in total. The standard InChI is InChI=1S/C9H19NO2/c1-8(2)10-5-9(6-10)7-12-4-3-11/h8-9,11H,3-7H2,1-2H3. The second-order valence-corrected chi connectivity index (χ2v) is 3.71. The van der Waals surface area contributed by atoms with Crippen molar-refractivity contribution in [2.75, 3.05) is 32.9 Å². The van der Waals surface area contributed by atoms with Crippen LogP contribution in [0.15, 0.2) is 0 Å². The summed E-state index contributed by atoms with van der Waals surface area (Å²) >= 11 is 0. The predicted molar refractivity (Wildman–Crippen MR) is 48.1 cm³/mol. The van der Waals surface area contributed by atoms with Crippen molar-refractivity contribution >= 4 is 0 Å². The minimum Gasteiger partial charge on any atom is -0.394 e. The van der Waals surface area contributed by atoms with E-state index in [1.165, 1.54) is 0 Å². The van der Waals surface area contributed by atoms with Gasteiger partial charge in [-0.1, -0.05) is 0 Å². The van der Waals surface area contributed by atoms with Crippen molar-refractivity contribution in [1.29, 1.82) is 0 Å². The highest BCUT2D eigenvalue weighted by atomic mass is 16.5. The van der Waals surface area contributed by atoms with Crippen molar-refractivity contribution in [3.63, 3.8) is 0 Å². The molecule has 1 aliphatic rings. The third-order valence-corrected chi connectivity index (χ3v) is 2.30. The maximum Gasteiger partial charge on any atom is 0.0697 e. The molecule has 1 rings (SSSR count). The van der Waals surface area contributed by atoms with E-state index >= 15 is 0 Å². The first kappa shape index (κ1) is 9.96. The van der Waals surface area contributed by atoms with Crippen molar-refractivity contribution in [3.8, 4) is 0 Å². The van der Waals surface area contributed by atoms with Crippen LogP contribution in [0.3, 0.4) is 0 Å². The molecule has 3 heteroatoms. The zero-order valence-corrected chi connectivity index (χ0v) is 7.99. The molecule has 1 fully saturated rings. The Morgan fingerprint density at radius 3 is 2.67 bits per heavy atom. The van der Waals surface area contributed by atoms with Gasteiger partial charge in [-0.15, -0.1) is 0 Å². The van der Waals surface area contributed by atoms with Crippen LogP contribution in [-0.2, 0) is 4.74 Å². The molecule has 0 radical (unpaired) electrons. The summed E-state index contributed by atoms with van der Waals surface area (Å²) in [4.78, 5) is 2.42. The predicted octanol–water partition coefficient (Wildman–Crippen LogP) is 0.336. The first-order valence-electron chi connectivity index (χ1n) is 4.66. The van der Waals surface area contributed by atoms with E-state index in [1.54, 1.807) is 0 Å². The normalized spacial score (nSPS) is 20.0. The van der Waals surface area contributed by atoms with Crippen molar-refractivity contribution in [1.82, 2.24) is 4.90 Å². The number of rotatable bonds is 5. The number of hydrogen-bond donors (Lipinski definition) is 1. The minimum absolute atomic E-state index is 0.139. The van der Waals surface area contributed by atoms with Gasteiger partial charge in [-0.05, 0) is 13.8 Å². The lowest BCUT2D eigenvalue weighted by atomic mass is 9.99. The average Bonchev–Trinajstić information content (AvgIpc) is 1.93. The van der Waals surface area contributed by atoms with Crippen LogP contribution >= 0.6 is 0 Å². The smallest absolute Gasteiger partial charge is 0.0697 e. The average molecular weight is 173 g/mol. The number of nitrogens with zero attached hydrogens (tertiary/aromatic N) is 1. The molecule has 0 aromatic heterocycles. The zero-order chi connectivity index (χ0) is 8.97. The summed E-state index contributed by atoms with van der Waals surface area (Å²) in [6.45, 7) is 8.17. The first-order chi connectivity index (χ1) is 5.74. The van der Waals surface area contributed by atoms with E-state index in [2.05, 4.69) is 18.7 Å². The summed E-state index contributed by atoms with van der Waals surface area (Å²) in [5, 5.41) is 8.47. The quantitative estimate of drug-likeness (QED) is 0.608. The van der Waals surface area contributed by atoms with Crippen LogP contribution < -0.4 is 0 Å². The number of aliphatic hydroxyl groups is 1. The number of aliphatic hydroxyl groups excluding tert-OH is 1. The summed E-state index contributed by atoms with van der Waals surface area (Å²) in [5.74, 6) is 0.693. The topological polar surface area (TPSA) is 32.7 Å². The Bertz CT molecular complexity index is 122. The molecule has 0 aliphatic carbocycles. The molecule has 1 saturated heterocycles. The lowest BCUT2D eigenvalue weighted by Crippen LogP contribution is -2.51. The third-order valence-electron chi connectivity index (χ3n) is 2.30. The van der Waals surface area contributed by atoms with Gasteiger partial charge in [0.2, 0.25) is 0 Å². The fourth-order valence-corrected chi connectivity index (χ4v) is 1.45. The van der Waals surface area contributed by atoms with E-state index < -0.39 is 0 Å². The number of ether oxygens (including phenoxy) is 1. The van der Waals surface area contributed by atoms with Gasteiger partial charge in [-0.25, -0.2) is 0 Å². The van der Waals surface area contributed by atoms with Gasteiger partial charge >= 0.3 is 0 Å². The molecule has 1 heterocycles. The second kappa shape index (κ2) is 4.80. The summed E-state index contributed by atoms with van der Waals surface area (Å²) in [6, 6.07) is 0.666. The van der Waals surface area contributed by atoms with Crippen LogP contribution in [-0.4, -0.2) is 49.0 Å². The molecule has 1 N–H and O–H groups in total. The fraction of sp³-hybridized carbons (Fsp3) is 1.00. The van der Waals surface area contributed by atoms with Gasteiger partial charge in [0.1, 0.15) is 0 Å². The maximum absolute atomic E-state index is 8.47. The van der Waals surface area contributed by atoms with E-state index in [-0.39, 0.29) is 6.61 Å². The SMILES string of the molecule is CC(C)N1CC(COCCO)C1. The molecule has 0 aromatic rings. The van der Waals surface area contributed by atoms with Crippen molar-refractivity contribution in [3.05, 3.63) is 0 Å². The van der Waals surface area contributed by atoms with E-state index in [0.29, 0.717) is 18.6 Å². The van der Waals surface area contributed by atoms with Crippen molar-refractivity contribution in [2.45, 2.75) is 19.9 Å². The van der Waals surface area contributed by atoms with Crippen molar-refractivity contribution < 1.29 is 9.84 Å². The largest absolute Gasteiger partial charge is 0.394 e. The molecule has 0 aromatic carbocycles. The molecular weight excluding hydrogens is 154 g/mol. The molecule has 1 aliphatic heterocycles. The van der Waals surface area contributed by atoms with Crippen LogP contribution in [0.1, 0.15) is 13.8 Å². The van der Waals surface area contributed by atoms with Gasteiger partial charge in [0.25, 0.3) is 0 Å². The summed E-state index contributed by atoms with van der Waals surface area (Å²) in [6.07, 6.45) is 0. The van der Waals surface area contributed by atoms with E-state index in [0.717, 1.165) is 19.7 Å². The van der Waals surface area contributed by atoms with E-state index in [9.17, 15) is 0 Å². The molecule has 0 spiro atoms. The summed E-state index contributed by atoms with van der Waals surface area (Å²) in [7, 11) is 0. The molecule has 12 heavy (non-hydrogen) atoms. The van der Waals surface area contributed by atoms with Crippen LogP contribution in [0.4, 0.5) is 0 Å². The number of hydrogen-bond acceptors (Lipinski definition) is 3. The van der Waals surface area contributed by atoms with Gasteiger partial charge in [-0.2, -0.15) is 0 Å². The zero-order valence-electron chi connectivity index (χ0n) is 7.99. The van der Waals surface area contributed by atoms with E-state index in [4.69, 9.17) is 9.84 Å². The molecule has 0 bridgehead atoms. The molecule has 0 saturated carbocycles. The highest BCUT2D eigenvalue weighted by molar-refractivity contribution is 4.81. The third kappa shape index (κ3) is 2.73. The Labute approximate surface area is 74.3 Å². The Kier molecular flexibility index (Phi) is 3.98. The Balaban J connectivity index is 1.95. The molecule has 0 unspecified atom stereocenters. The van der Waals surface area contributed by atoms with Crippen molar-refractivity contribution in [2.24, 2.45) is 5.92 Å². The monoisotopic (exact) mass is 173 g/mol. The maximum atomic E-state index is 8.47. The molecule has 0 atom stereocenters. The van der Waals surface area contributed by atoms with Gasteiger partial charge < -0.3 is 14.7 Å². The van der Waals surface area contributed by atoms with Crippen LogP contribution in [0.25, 0.3) is 0 Å². The second-order valence-electron chi connectivity index (χ2n) is 3.71. The lowest BCUT2D eigenvalue weighted by Gasteiger charge is -2.41. The van der Waals surface area contributed by atoms with Gasteiger partial charge in [0.15, 0.2) is 0 Å². The molecule has 0 amide bonds. The first-order valence-corrected chi connectivity index (χ1v) is 4.66. The van der Waals surface area contributed by atoms with E-state index in [1.807, 2.05) is 0 Å². The summed E-state index contributed by atoms with van der Waals surface area (Å²) < 4.78 is 5.24. The Hall–Kier alpha value is -0.120. The van der Waals surface area contributed by atoms with Gasteiger partial charge in [0.05, 0.1) is 19.8 Å². The highest BCUT2D eigenvalue weighted by Gasteiger charge is 2.27.